The summed E-state index contributed by atoms with van der Waals surface area (Å²) in [6, 6.07) is 6.68. The van der Waals surface area contributed by atoms with Gasteiger partial charge in [-0.25, -0.2) is 0 Å². The van der Waals surface area contributed by atoms with Gasteiger partial charge in [-0.1, -0.05) is 12.1 Å². The standard InChI is InChI=1S/C15H23O6P/c1-5-19-15(16)14(22(17,20-6-2)21-7-3)12-8-10-13(18-4)11-9-12/h8-11,14H,5-7H2,1-4H3. The van der Waals surface area contributed by atoms with Gasteiger partial charge in [-0.3, -0.25) is 9.36 Å². The Bertz CT molecular complexity index is 503. The van der Waals surface area contributed by atoms with Crippen LogP contribution in [0.5, 0.6) is 5.75 Å². The van der Waals surface area contributed by atoms with Crippen LogP contribution in [0.15, 0.2) is 24.3 Å². The number of methoxy groups -OCH3 is 1. The third kappa shape index (κ3) is 4.57. The van der Waals surface area contributed by atoms with Crippen LogP contribution in [0.1, 0.15) is 32.0 Å². The van der Waals surface area contributed by atoms with E-state index in [9.17, 15) is 9.36 Å². The molecule has 0 aliphatic rings. The molecular weight excluding hydrogens is 307 g/mol. The Labute approximate surface area is 131 Å². The molecule has 0 saturated heterocycles. The third-order valence-corrected chi connectivity index (χ3v) is 5.25. The number of hydrogen-bond donors (Lipinski definition) is 0. The zero-order valence-corrected chi connectivity index (χ0v) is 14.3. The van der Waals surface area contributed by atoms with Gasteiger partial charge in [-0.05, 0) is 38.5 Å². The zero-order valence-electron chi connectivity index (χ0n) is 13.4. The summed E-state index contributed by atoms with van der Waals surface area (Å²) in [6.07, 6.45) is 0. The lowest BCUT2D eigenvalue weighted by Crippen LogP contribution is -2.19. The molecule has 1 aromatic carbocycles. The van der Waals surface area contributed by atoms with Gasteiger partial charge in [0.25, 0.3) is 0 Å². The van der Waals surface area contributed by atoms with Crippen molar-refractivity contribution in [3.63, 3.8) is 0 Å². The highest BCUT2D eigenvalue weighted by Crippen LogP contribution is 2.61. The van der Waals surface area contributed by atoms with E-state index < -0.39 is 19.2 Å². The molecular formula is C15H23O6P. The van der Waals surface area contributed by atoms with E-state index >= 15 is 0 Å². The predicted molar refractivity (Wildman–Crippen MR) is 83.2 cm³/mol. The SMILES string of the molecule is CCOC(=O)C(c1ccc(OC)cc1)P(=O)(OCC)OCC. The second kappa shape index (κ2) is 8.93. The molecule has 1 unspecified atom stereocenters. The smallest absolute Gasteiger partial charge is 0.349 e. The first kappa shape index (κ1) is 18.7. The molecule has 124 valence electrons. The number of hydrogen-bond acceptors (Lipinski definition) is 6. The Morgan fingerprint density at radius 3 is 2.00 bits per heavy atom. The summed E-state index contributed by atoms with van der Waals surface area (Å²) in [5.74, 6) is 0.00640. The van der Waals surface area contributed by atoms with E-state index in [0.717, 1.165) is 0 Å². The van der Waals surface area contributed by atoms with Gasteiger partial charge in [0, 0.05) is 0 Å². The predicted octanol–water partition coefficient (Wildman–Crippen LogP) is 3.57. The average Bonchev–Trinajstić information content (AvgIpc) is 2.49. The van der Waals surface area contributed by atoms with Crippen molar-refractivity contribution in [1.82, 2.24) is 0 Å². The van der Waals surface area contributed by atoms with Crippen molar-refractivity contribution in [2.45, 2.75) is 26.4 Å². The number of carbonyl (C=O) groups is 1. The summed E-state index contributed by atoms with van der Waals surface area (Å²) in [4.78, 5) is 12.3. The van der Waals surface area contributed by atoms with Crippen molar-refractivity contribution in [3.05, 3.63) is 29.8 Å². The minimum absolute atomic E-state index is 0.170. The molecule has 22 heavy (non-hydrogen) atoms. The van der Waals surface area contributed by atoms with Crippen molar-refractivity contribution in [2.75, 3.05) is 26.9 Å². The summed E-state index contributed by atoms with van der Waals surface area (Å²) in [6.45, 7) is 5.61. The maximum Gasteiger partial charge on any atom is 0.349 e. The first-order valence-corrected chi connectivity index (χ1v) is 8.82. The summed E-state index contributed by atoms with van der Waals surface area (Å²) in [5, 5.41) is 0. The normalized spacial score (nSPS) is 12.7. The fraction of sp³-hybridized carbons (Fsp3) is 0.533. The number of esters is 1. The first-order chi connectivity index (χ1) is 10.5. The van der Waals surface area contributed by atoms with Crippen molar-refractivity contribution < 1.29 is 27.9 Å². The summed E-state index contributed by atoms with van der Waals surface area (Å²) < 4.78 is 33.8. The molecule has 0 spiro atoms. The molecule has 0 saturated carbocycles. The molecule has 0 N–H and O–H groups in total. The zero-order chi connectivity index (χ0) is 16.6. The molecule has 0 aromatic heterocycles. The summed E-state index contributed by atoms with van der Waals surface area (Å²) in [7, 11) is -2.13. The van der Waals surface area contributed by atoms with Gasteiger partial charge in [-0.15, -0.1) is 0 Å². The van der Waals surface area contributed by atoms with Crippen LogP contribution in [0.25, 0.3) is 0 Å². The van der Waals surface area contributed by atoms with E-state index in [1.54, 1.807) is 52.1 Å². The van der Waals surface area contributed by atoms with Crippen LogP contribution >= 0.6 is 7.60 Å². The quantitative estimate of drug-likeness (QED) is 0.509. The number of rotatable bonds is 9. The Kier molecular flexibility index (Phi) is 7.59. The molecule has 1 rings (SSSR count). The summed E-state index contributed by atoms with van der Waals surface area (Å²) >= 11 is 0. The molecule has 1 aromatic rings. The Balaban J connectivity index is 3.25. The van der Waals surface area contributed by atoms with Gasteiger partial charge in [0.2, 0.25) is 0 Å². The lowest BCUT2D eigenvalue weighted by Gasteiger charge is -2.25. The minimum Gasteiger partial charge on any atom is -0.497 e. The van der Waals surface area contributed by atoms with Crippen LogP contribution in [0.4, 0.5) is 0 Å². The van der Waals surface area contributed by atoms with Crippen molar-refractivity contribution in [1.29, 1.82) is 0 Å². The van der Waals surface area contributed by atoms with E-state index in [1.807, 2.05) is 0 Å². The van der Waals surface area contributed by atoms with E-state index in [0.29, 0.717) is 11.3 Å². The Hall–Kier alpha value is -1.36. The summed E-state index contributed by atoms with van der Waals surface area (Å²) in [5.41, 5.74) is -0.609. The highest BCUT2D eigenvalue weighted by molar-refractivity contribution is 7.55. The van der Waals surface area contributed by atoms with Gasteiger partial charge in [0.15, 0.2) is 5.66 Å². The van der Waals surface area contributed by atoms with E-state index in [1.165, 1.54) is 0 Å². The van der Waals surface area contributed by atoms with E-state index in [-0.39, 0.29) is 19.8 Å². The fourth-order valence-electron chi connectivity index (χ4n) is 2.00. The molecule has 1 atom stereocenters. The lowest BCUT2D eigenvalue weighted by molar-refractivity contribution is -0.143. The average molecular weight is 330 g/mol. The molecule has 0 aliphatic heterocycles. The minimum atomic E-state index is -3.68. The number of carbonyl (C=O) groups excluding carboxylic acids is 1. The van der Waals surface area contributed by atoms with Gasteiger partial charge in [0.1, 0.15) is 5.75 Å². The molecule has 0 aliphatic carbocycles. The molecule has 6 nitrogen and oxygen atoms in total. The van der Waals surface area contributed by atoms with Crippen LogP contribution in [0.3, 0.4) is 0 Å². The molecule has 0 fully saturated rings. The largest absolute Gasteiger partial charge is 0.497 e. The van der Waals surface area contributed by atoms with Crippen molar-refractivity contribution in [3.8, 4) is 5.75 Å². The molecule has 0 amide bonds. The Morgan fingerprint density at radius 2 is 1.59 bits per heavy atom. The van der Waals surface area contributed by atoms with Crippen LogP contribution in [-0.4, -0.2) is 32.9 Å². The van der Waals surface area contributed by atoms with Gasteiger partial charge in [0.05, 0.1) is 26.9 Å². The maximum absolute atomic E-state index is 13.0. The van der Waals surface area contributed by atoms with Gasteiger partial charge in [-0.2, -0.15) is 0 Å². The van der Waals surface area contributed by atoms with E-state index in [4.69, 9.17) is 18.5 Å². The van der Waals surface area contributed by atoms with Crippen LogP contribution < -0.4 is 4.74 Å². The van der Waals surface area contributed by atoms with Crippen molar-refractivity contribution in [2.24, 2.45) is 0 Å². The number of ether oxygens (including phenoxy) is 2. The monoisotopic (exact) mass is 330 g/mol. The molecule has 0 radical (unpaired) electrons. The van der Waals surface area contributed by atoms with Crippen molar-refractivity contribution >= 4 is 13.6 Å². The lowest BCUT2D eigenvalue weighted by atomic mass is 10.1. The topological polar surface area (TPSA) is 71.1 Å². The maximum atomic E-state index is 13.0. The first-order valence-electron chi connectivity index (χ1n) is 7.21. The van der Waals surface area contributed by atoms with Crippen LogP contribution in [-0.2, 0) is 23.1 Å². The highest BCUT2D eigenvalue weighted by atomic mass is 31.2. The van der Waals surface area contributed by atoms with Gasteiger partial charge < -0.3 is 18.5 Å². The van der Waals surface area contributed by atoms with Crippen LogP contribution in [0.2, 0.25) is 0 Å². The second-order valence-electron chi connectivity index (χ2n) is 4.30. The molecule has 0 heterocycles. The molecule has 0 bridgehead atoms. The van der Waals surface area contributed by atoms with Crippen LogP contribution in [0, 0.1) is 0 Å². The molecule has 7 heteroatoms. The van der Waals surface area contributed by atoms with Gasteiger partial charge >= 0.3 is 13.6 Å². The second-order valence-corrected chi connectivity index (χ2v) is 6.42. The fourth-order valence-corrected chi connectivity index (χ4v) is 3.96. The third-order valence-electron chi connectivity index (χ3n) is 2.88. The highest BCUT2D eigenvalue weighted by Gasteiger charge is 2.43. The number of benzene rings is 1. The van der Waals surface area contributed by atoms with E-state index in [2.05, 4.69) is 0 Å². The Morgan fingerprint density at radius 1 is 1.05 bits per heavy atom.